The zero-order valence-corrected chi connectivity index (χ0v) is 8.28. The predicted octanol–water partition coefficient (Wildman–Crippen LogP) is 2.30. The number of ether oxygens (including phenoxy) is 1. The number of hydrogen-bond acceptors (Lipinski definition) is 2. The fourth-order valence-electron chi connectivity index (χ4n) is 1.26. The second-order valence-corrected chi connectivity index (χ2v) is 4.40. The summed E-state index contributed by atoms with van der Waals surface area (Å²) in [5, 5.41) is 0. The second-order valence-electron chi connectivity index (χ2n) is 4.40. The molecule has 1 saturated heterocycles. The molecule has 1 aliphatic rings. The van der Waals surface area contributed by atoms with Crippen molar-refractivity contribution in [3.63, 3.8) is 0 Å². The lowest BCUT2D eigenvalue weighted by Gasteiger charge is -2.43. The second kappa shape index (κ2) is 3.06. The van der Waals surface area contributed by atoms with E-state index in [-0.39, 0.29) is 0 Å². The summed E-state index contributed by atoms with van der Waals surface area (Å²) in [5.41, 5.74) is -0.726. The van der Waals surface area contributed by atoms with Gasteiger partial charge in [0, 0.05) is 5.54 Å². The van der Waals surface area contributed by atoms with E-state index in [0.29, 0.717) is 0 Å². The molecular weight excluding hydrogens is 202 g/mol. The monoisotopic (exact) mass is 215 g/mol. The molecule has 0 amide bonds. The van der Waals surface area contributed by atoms with E-state index in [9.17, 15) is 17.6 Å². The van der Waals surface area contributed by atoms with E-state index < -0.39 is 30.8 Å². The summed E-state index contributed by atoms with van der Waals surface area (Å²) in [4.78, 5) is 1.01. The van der Waals surface area contributed by atoms with Crippen LogP contribution in [0.4, 0.5) is 17.6 Å². The van der Waals surface area contributed by atoms with Gasteiger partial charge in [-0.25, -0.2) is 0 Å². The Labute approximate surface area is 79.8 Å². The van der Waals surface area contributed by atoms with E-state index in [1.807, 2.05) is 0 Å². The standard InChI is InChI=1S/C8H13F4NO/c1-6(2,3)13-4-7(9,10)14-8(11,12)5-13/h4-5H2,1-3H3. The first-order chi connectivity index (χ1) is 6.02. The lowest BCUT2D eigenvalue weighted by Crippen LogP contribution is -2.60. The topological polar surface area (TPSA) is 12.5 Å². The van der Waals surface area contributed by atoms with Crippen LogP contribution in [0.15, 0.2) is 0 Å². The minimum atomic E-state index is -3.78. The van der Waals surface area contributed by atoms with E-state index in [4.69, 9.17) is 0 Å². The number of rotatable bonds is 0. The van der Waals surface area contributed by atoms with Crippen LogP contribution >= 0.6 is 0 Å². The smallest absolute Gasteiger partial charge is 0.282 e. The number of morpholine rings is 1. The van der Waals surface area contributed by atoms with E-state index in [0.717, 1.165) is 4.90 Å². The van der Waals surface area contributed by atoms with Crippen molar-refractivity contribution < 1.29 is 22.3 Å². The van der Waals surface area contributed by atoms with E-state index in [1.165, 1.54) is 0 Å². The highest BCUT2D eigenvalue weighted by Crippen LogP contribution is 2.36. The summed E-state index contributed by atoms with van der Waals surface area (Å²) in [6, 6.07) is 0. The number of hydrogen-bond donors (Lipinski definition) is 0. The van der Waals surface area contributed by atoms with Crippen molar-refractivity contribution in [1.29, 1.82) is 0 Å². The van der Waals surface area contributed by atoms with E-state index >= 15 is 0 Å². The molecule has 1 fully saturated rings. The number of nitrogens with zero attached hydrogens (tertiary/aromatic N) is 1. The Morgan fingerprint density at radius 3 is 1.64 bits per heavy atom. The first-order valence-corrected chi connectivity index (χ1v) is 4.23. The lowest BCUT2D eigenvalue weighted by atomic mass is 10.1. The van der Waals surface area contributed by atoms with Gasteiger partial charge in [0.05, 0.1) is 13.1 Å². The molecule has 0 N–H and O–H groups in total. The Kier molecular flexibility index (Phi) is 2.56. The minimum Gasteiger partial charge on any atom is -0.282 e. The van der Waals surface area contributed by atoms with Crippen molar-refractivity contribution in [3.05, 3.63) is 0 Å². The minimum absolute atomic E-state index is 0.726. The molecule has 0 aromatic rings. The lowest BCUT2D eigenvalue weighted by molar-refractivity contribution is -0.410. The zero-order chi connectivity index (χ0) is 11.2. The van der Waals surface area contributed by atoms with Gasteiger partial charge in [-0.05, 0) is 20.8 Å². The van der Waals surface area contributed by atoms with Gasteiger partial charge in [-0.1, -0.05) is 0 Å². The zero-order valence-electron chi connectivity index (χ0n) is 8.28. The van der Waals surface area contributed by atoms with Crippen LogP contribution < -0.4 is 0 Å². The molecule has 0 bridgehead atoms. The highest BCUT2D eigenvalue weighted by molar-refractivity contribution is 4.85. The van der Waals surface area contributed by atoms with Gasteiger partial charge in [0.2, 0.25) is 0 Å². The molecule has 0 aliphatic carbocycles. The summed E-state index contributed by atoms with van der Waals surface area (Å²) >= 11 is 0. The van der Waals surface area contributed by atoms with Gasteiger partial charge in [0.15, 0.2) is 0 Å². The van der Waals surface area contributed by atoms with Crippen LogP contribution in [-0.2, 0) is 4.74 Å². The molecule has 0 atom stereocenters. The van der Waals surface area contributed by atoms with Crippen molar-refractivity contribution in [3.8, 4) is 0 Å². The molecule has 6 heteroatoms. The van der Waals surface area contributed by atoms with Crippen molar-refractivity contribution in [2.75, 3.05) is 13.1 Å². The third-order valence-corrected chi connectivity index (χ3v) is 2.00. The molecule has 1 aliphatic heterocycles. The Morgan fingerprint density at radius 2 is 1.36 bits per heavy atom. The summed E-state index contributed by atoms with van der Waals surface area (Å²) in [5.74, 6) is 0. The molecule has 0 radical (unpaired) electrons. The molecule has 0 saturated carbocycles. The van der Waals surface area contributed by atoms with E-state index in [1.54, 1.807) is 20.8 Å². The number of alkyl halides is 4. The summed E-state index contributed by atoms with van der Waals surface area (Å²) in [7, 11) is 0. The summed E-state index contributed by atoms with van der Waals surface area (Å²) in [6.07, 6.45) is -7.57. The maximum atomic E-state index is 12.7. The molecule has 0 unspecified atom stereocenters. The van der Waals surface area contributed by atoms with Crippen LogP contribution in [0.1, 0.15) is 20.8 Å². The van der Waals surface area contributed by atoms with Crippen molar-refractivity contribution in [2.45, 2.75) is 38.5 Å². The molecule has 84 valence electrons. The van der Waals surface area contributed by atoms with Crippen molar-refractivity contribution in [1.82, 2.24) is 4.90 Å². The Balaban J connectivity index is 2.82. The SMILES string of the molecule is CC(C)(C)N1CC(F)(F)OC(F)(F)C1. The molecule has 0 spiro atoms. The maximum Gasteiger partial charge on any atom is 0.372 e. The first kappa shape index (κ1) is 11.7. The predicted molar refractivity (Wildman–Crippen MR) is 42.3 cm³/mol. The average Bonchev–Trinajstić information content (AvgIpc) is 1.76. The maximum absolute atomic E-state index is 12.7. The third-order valence-electron chi connectivity index (χ3n) is 2.00. The van der Waals surface area contributed by atoms with Crippen LogP contribution in [0.25, 0.3) is 0 Å². The average molecular weight is 215 g/mol. The molecule has 0 aromatic carbocycles. The van der Waals surface area contributed by atoms with Gasteiger partial charge in [0.1, 0.15) is 0 Å². The van der Waals surface area contributed by atoms with Gasteiger partial charge < -0.3 is 0 Å². The summed E-state index contributed by atoms with van der Waals surface area (Å²) in [6.45, 7) is 3.21. The Morgan fingerprint density at radius 1 is 1.00 bits per heavy atom. The molecule has 0 aromatic heterocycles. The van der Waals surface area contributed by atoms with Crippen LogP contribution in [-0.4, -0.2) is 35.7 Å². The largest absolute Gasteiger partial charge is 0.372 e. The fourth-order valence-corrected chi connectivity index (χ4v) is 1.26. The first-order valence-electron chi connectivity index (χ1n) is 4.23. The Bertz CT molecular complexity index is 208. The van der Waals surface area contributed by atoms with Gasteiger partial charge in [0.25, 0.3) is 0 Å². The normalized spacial score (nSPS) is 27.6. The van der Waals surface area contributed by atoms with Gasteiger partial charge in [-0.2, -0.15) is 17.6 Å². The fraction of sp³-hybridized carbons (Fsp3) is 1.00. The van der Waals surface area contributed by atoms with Gasteiger partial charge in [-0.15, -0.1) is 0 Å². The quantitative estimate of drug-likeness (QED) is 0.575. The molecule has 1 rings (SSSR count). The molecule has 2 nitrogen and oxygen atoms in total. The van der Waals surface area contributed by atoms with Crippen LogP contribution in [0.5, 0.6) is 0 Å². The van der Waals surface area contributed by atoms with Crippen molar-refractivity contribution in [2.24, 2.45) is 0 Å². The van der Waals surface area contributed by atoms with Crippen LogP contribution in [0.3, 0.4) is 0 Å². The molecule has 1 heterocycles. The van der Waals surface area contributed by atoms with Gasteiger partial charge in [-0.3, -0.25) is 9.64 Å². The van der Waals surface area contributed by atoms with Crippen LogP contribution in [0.2, 0.25) is 0 Å². The van der Waals surface area contributed by atoms with Gasteiger partial charge >= 0.3 is 12.2 Å². The highest BCUT2D eigenvalue weighted by Gasteiger charge is 2.53. The molecule has 14 heavy (non-hydrogen) atoms. The van der Waals surface area contributed by atoms with E-state index in [2.05, 4.69) is 4.74 Å². The summed E-state index contributed by atoms with van der Waals surface area (Å²) < 4.78 is 54.3. The molecular formula is C8H13F4NO. The third kappa shape index (κ3) is 2.81. The highest BCUT2D eigenvalue weighted by atomic mass is 19.3. The van der Waals surface area contributed by atoms with Crippen LogP contribution in [0, 0.1) is 0 Å². The Hall–Kier alpha value is -0.360. The number of halogens is 4. The van der Waals surface area contributed by atoms with Crippen molar-refractivity contribution >= 4 is 0 Å².